The monoisotopic (exact) mass is 269 g/mol. The number of rotatable bonds is 4. The van der Waals surface area contributed by atoms with E-state index in [-0.39, 0.29) is 0 Å². The molecule has 0 heterocycles. The number of benzene rings is 2. The molecule has 3 heteroatoms. The van der Waals surface area contributed by atoms with Gasteiger partial charge in [-0.3, -0.25) is 0 Å². The molecular weight excluding hydrogens is 250 g/mol. The molecule has 0 aliphatic heterocycles. The highest BCUT2D eigenvalue weighted by molar-refractivity contribution is 5.51. The molecule has 0 fully saturated rings. The number of phenolic OH excluding ortho intramolecular Hbond substituents is 1. The summed E-state index contributed by atoms with van der Waals surface area (Å²) in [7, 11) is 0. The Hall–Kier alpha value is -2.16. The van der Waals surface area contributed by atoms with Crippen molar-refractivity contribution < 1.29 is 9.84 Å². The largest absolute Gasteiger partial charge is 0.508 e. The summed E-state index contributed by atoms with van der Waals surface area (Å²) in [4.78, 5) is 0. The van der Waals surface area contributed by atoms with E-state index in [1.54, 1.807) is 6.07 Å². The first kappa shape index (κ1) is 12.9. The van der Waals surface area contributed by atoms with E-state index in [1.165, 1.54) is 11.1 Å². The number of aryl methyl sites for hydroxylation is 1. The van der Waals surface area contributed by atoms with Crippen molar-refractivity contribution in [3.05, 3.63) is 53.6 Å². The minimum Gasteiger partial charge on any atom is -0.508 e. The number of nitrogens with one attached hydrogen (secondary N) is 1. The van der Waals surface area contributed by atoms with Crippen molar-refractivity contribution in [3.8, 4) is 11.5 Å². The summed E-state index contributed by atoms with van der Waals surface area (Å²) in [5.74, 6) is 1.25. The molecule has 1 atom stereocenters. The van der Waals surface area contributed by atoms with Crippen LogP contribution in [-0.4, -0.2) is 11.7 Å². The van der Waals surface area contributed by atoms with Crippen LogP contribution in [0.4, 0.5) is 5.69 Å². The first-order valence-corrected chi connectivity index (χ1v) is 7.07. The maximum Gasteiger partial charge on any atom is 0.119 e. The average molecular weight is 269 g/mol. The molecule has 0 bridgehead atoms. The van der Waals surface area contributed by atoms with Crippen LogP contribution in [0.3, 0.4) is 0 Å². The summed E-state index contributed by atoms with van der Waals surface area (Å²) >= 11 is 0. The van der Waals surface area contributed by atoms with Gasteiger partial charge in [0, 0.05) is 5.69 Å². The number of hydrogen-bond donors (Lipinski definition) is 2. The van der Waals surface area contributed by atoms with Crippen LogP contribution in [0.25, 0.3) is 0 Å². The van der Waals surface area contributed by atoms with Gasteiger partial charge in [-0.25, -0.2) is 0 Å². The number of aromatic hydroxyl groups is 1. The molecule has 1 unspecified atom stereocenters. The fraction of sp³-hybridized carbons (Fsp3) is 0.294. The number of anilines is 1. The Morgan fingerprint density at radius 2 is 2.00 bits per heavy atom. The van der Waals surface area contributed by atoms with Crippen LogP contribution in [0.2, 0.25) is 0 Å². The van der Waals surface area contributed by atoms with E-state index < -0.39 is 0 Å². The van der Waals surface area contributed by atoms with E-state index >= 15 is 0 Å². The van der Waals surface area contributed by atoms with Crippen molar-refractivity contribution in [2.24, 2.45) is 0 Å². The molecule has 0 saturated heterocycles. The van der Waals surface area contributed by atoms with Crippen molar-refractivity contribution in [1.29, 1.82) is 0 Å². The van der Waals surface area contributed by atoms with Gasteiger partial charge in [-0.2, -0.15) is 0 Å². The zero-order chi connectivity index (χ0) is 13.9. The lowest BCUT2D eigenvalue weighted by molar-refractivity contribution is 0.340. The molecule has 20 heavy (non-hydrogen) atoms. The Bertz CT molecular complexity index is 592. The van der Waals surface area contributed by atoms with Crippen LogP contribution in [0.5, 0.6) is 11.5 Å². The molecule has 1 aliphatic rings. The Morgan fingerprint density at radius 1 is 1.20 bits per heavy atom. The third-order valence-corrected chi connectivity index (χ3v) is 3.71. The molecule has 2 aromatic carbocycles. The summed E-state index contributed by atoms with van der Waals surface area (Å²) < 4.78 is 5.44. The smallest absolute Gasteiger partial charge is 0.119 e. The second-order valence-corrected chi connectivity index (χ2v) is 5.08. The van der Waals surface area contributed by atoms with E-state index in [4.69, 9.17) is 4.74 Å². The molecule has 0 spiro atoms. The molecule has 2 aromatic rings. The van der Waals surface area contributed by atoms with Gasteiger partial charge in [-0.1, -0.05) is 6.07 Å². The Morgan fingerprint density at radius 3 is 2.75 bits per heavy atom. The van der Waals surface area contributed by atoms with Gasteiger partial charge in [0.05, 0.1) is 12.6 Å². The first-order valence-electron chi connectivity index (χ1n) is 7.07. The maximum atomic E-state index is 9.52. The average Bonchev–Trinajstić information content (AvgIpc) is 2.83. The van der Waals surface area contributed by atoms with Gasteiger partial charge in [0.1, 0.15) is 11.5 Å². The molecule has 0 amide bonds. The van der Waals surface area contributed by atoms with Crippen molar-refractivity contribution in [1.82, 2.24) is 0 Å². The molecule has 1 aliphatic carbocycles. The molecular formula is C17H19NO2. The Balaban J connectivity index is 1.73. The first-order chi connectivity index (χ1) is 9.76. The van der Waals surface area contributed by atoms with Gasteiger partial charge in [-0.15, -0.1) is 0 Å². The number of fused-ring (bicyclic) bond motifs is 1. The Labute approximate surface area is 119 Å². The summed E-state index contributed by atoms with van der Waals surface area (Å²) in [5, 5.41) is 13.1. The second-order valence-electron chi connectivity index (χ2n) is 5.08. The Kier molecular flexibility index (Phi) is 3.50. The van der Waals surface area contributed by atoms with Crippen molar-refractivity contribution >= 4 is 5.69 Å². The summed E-state index contributed by atoms with van der Waals surface area (Å²) in [6.45, 7) is 2.67. The topological polar surface area (TPSA) is 41.5 Å². The SMILES string of the molecule is CCOc1ccc(NC2CCc3cc(O)ccc32)cc1. The summed E-state index contributed by atoms with van der Waals surface area (Å²) in [6.07, 6.45) is 2.07. The number of hydrogen-bond acceptors (Lipinski definition) is 3. The second kappa shape index (κ2) is 5.45. The molecule has 2 N–H and O–H groups in total. The minimum atomic E-state index is 0.323. The van der Waals surface area contributed by atoms with E-state index in [0.717, 1.165) is 24.3 Å². The molecule has 0 aromatic heterocycles. The van der Waals surface area contributed by atoms with Gasteiger partial charge < -0.3 is 15.2 Å². The van der Waals surface area contributed by atoms with E-state index in [0.29, 0.717) is 18.4 Å². The molecule has 0 saturated carbocycles. The lowest BCUT2D eigenvalue weighted by Gasteiger charge is -2.16. The molecule has 0 radical (unpaired) electrons. The predicted octanol–water partition coefficient (Wildman–Crippen LogP) is 3.89. The van der Waals surface area contributed by atoms with Gasteiger partial charge in [0.15, 0.2) is 0 Å². The van der Waals surface area contributed by atoms with Crippen molar-refractivity contribution in [2.45, 2.75) is 25.8 Å². The van der Waals surface area contributed by atoms with Crippen molar-refractivity contribution in [2.75, 3.05) is 11.9 Å². The van der Waals surface area contributed by atoms with E-state index in [1.807, 2.05) is 43.3 Å². The third-order valence-electron chi connectivity index (χ3n) is 3.71. The van der Waals surface area contributed by atoms with Crippen LogP contribution in [-0.2, 0) is 6.42 Å². The zero-order valence-electron chi connectivity index (χ0n) is 11.6. The summed E-state index contributed by atoms with van der Waals surface area (Å²) in [5.41, 5.74) is 3.63. The highest BCUT2D eigenvalue weighted by Crippen LogP contribution is 2.35. The van der Waals surface area contributed by atoms with Gasteiger partial charge in [0.2, 0.25) is 0 Å². The third kappa shape index (κ3) is 2.57. The van der Waals surface area contributed by atoms with Crippen LogP contribution >= 0.6 is 0 Å². The molecule has 3 nitrogen and oxygen atoms in total. The van der Waals surface area contributed by atoms with E-state index in [2.05, 4.69) is 5.32 Å². The number of ether oxygens (including phenoxy) is 1. The minimum absolute atomic E-state index is 0.323. The van der Waals surface area contributed by atoms with Crippen LogP contribution in [0.1, 0.15) is 30.5 Å². The standard InChI is InChI=1S/C17H19NO2/c1-2-20-15-7-4-13(5-8-15)18-17-10-3-12-11-14(19)6-9-16(12)17/h4-9,11,17-19H,2-3,10H2,1H3. The lowest BCUT2D eigenvalue weighted by atomic mass is 10.1. The van der Waals surface area contributed by atoms with E-state index in [9.17, 15) is 5.11 Å². The fourth-order valence-corrected chi connectivity index (χ4v) is 2.77. The van der Waals surface area contributed by atoms with Crippen molar-refractivity contribution in [3.63, 3.8) is 0 Å². The van der Waals surface area contributed by atoms with Gasteiger partial charge in [0.25, 0.3) is 0 Å². The molecule has 3 rings (SSSR count). The van der Waals surface area contributed by atoms with Gasteiger partial charge >= 0.3 is 0 Å². The van der Waals surface area contributed by atoms with Crippen LogP contribution < -0.4 is 10.1 Å². The summed E-state index contributed by atoms with van der Waals surface area (Å²) in [6, 6.07) is 14.0. The number of phenols is 1. The van der Waals surface area contributed by atoms with Crippen LogP contribution in [0, 0.1) is 0 Å². The quantitative estimate of drug-likeness (QED) is 0.884. The predicted molar refractivity (Wildman–Crippen MR) is 80.4 cm³/mol. The normalized spacial score (nSPS) is 16.8. The fourth-order valence-electron chi connectivity index (χ4n) is 2.77. The zero-order valence-corrected chi connectivity index (χ0v) is 11.6. The highest BCUT2D eigenvalue weighted by atomic mass is 16.5. The lowest BCUT2D eigenvalue weighted by Crippen LogP contribution is -2.06. The molecule has 104 valence electrons. The van der Waals surface area contributed by atoms with Gasteiger partial charge in [-0.05, 0) is 67.3 Å². The maximum absolute atomic E-state index is 9.52. The highest BCUT2D eigenvalue weighted by Gasteiger charge is 2.22. The van der Waals surface area contributed by atoms with Crippen LogP contribution in [0.15, 0.2) is 42.5 Å².